The number of nitrogens with zero attached hydrogens (tertiary/aromatic N) is 2. The van der Waals surface area contributed by atoms with E-state index in [1.165, 1.54) is 0 Å². The Hall–Kier alpha value is -2.30. The van der Waals surface area contributed by atoms with E-state index < -0.39 is 0 Å². The third kappa shape index (κ3) is 2.39. The lowest BCUT2D eigenvalue weighted by Crippen LogP contribution is -2.13. The zero-order valence-electron chi connectivity index (χ0n) is 12.1. The van der Waals surface area contributed by atoms with Gasteiger partial charge in [0.15, 0.2) is 5.69 Å². The van der Waals surface area contributed by atoms with Crippen LogP contribution in [0.4, 0.5) is 0 Å². The predicted molar refractivity (Wildman–Crippen MR) is 75.5 cm³/mol. The summed E-state index contributed by atoms with van der Waals surface area (Å²) in [6, 6.07) is 7.43. The van der Waals surface area contributed by atoms with E-state index >= 15 is 0 Å². The highest BCUT2D eigenvalue weighted by Gasteiger charge is 2.22. The first-order valence-corrected chi connectivity index (χ1v) is 6.46. The minimum absolute atomic E-state index is 0.328. The number of carbonyl (C=O) groups excluding carboxylic acids is 1. The molecule has 1 aromatic carbocycles. The first-order valence-electron chi connectivity index (χ1n) is 6.46. The second kappa shape index (κ2) is 5.77. The Morgan fingerprint density at radius 2 is 2.00 bits per heavy atom. The summed E-state index contributed by atoms with van der Waals surface area (Å²) >= 11 is 0. The van der Waals surface area contributed by atoms with Gasteiger partial charge in [-0.15, -0.1) is 0 Å². The number of esters is 1. The van der Waals surface area contributed by atoms with Crippen molar-refractivity contribution >= 4 is 5.97 Å². The van der Waals surface area contributed by atoms with E-state index in [1.807, 2.05) is 38.1 Å². The fourth-order valence-electron chi connectivity index (χ4n) is 2.02. The first kappa shape index (κ1) is 14.1. The molecule has 5 heteroatoms. The van der Waals surface area contributed by atoms with Gasteiger partial charge in [-0.1, -0.05) is 12.1 Å². The largest absolute Gasteiger partial charge is 0.494 e. The van der Waals surface area contributed by atoms with Crippen LogP contribution in [0.15, 0.2) is 24.3 Å². The minimum atomic E-state index is -0.378. The van der Waals surface area contributed by atoms with E-state index in [9.17, 15) is 4.79 Å². The Labute approximate surface area is 118 Å². The molecule has 0 N–H and O–H groups in total. The molecule has 5 nitrogen and oxygen atoms in total. The molecule has 0 unspecified atom stereocenters. The van der Waals surface area contributed by atoms with E-state index in [2.05, 4.69) is 5.10 Å². The molecule has 0 radical (unpaired) electrons. The zero-order valence-corrected chi connectivity index (χ0v) is 12.1. The lowest BCUT2D eigenvalue weighted by atomic mass is 10.2. The molecular formula is C15H18N2O3. The van der Waals surface area contributed by atoms with Crippen LogP contribution < -0.4 is 4.74 Å². The highest BCUT2D eigenvalue weighted by molar-refractivity contribution is 5.90. The van der Waals surface area contributed by atoms with Gasteiger partial charge in [-0.25, -0.2) is 9.48 Å². The molecule has 0 bridgehead atoms. The van der Waals surface area contributed by atoms with Crippen LogP contribution in [0.25, 0.3) is 5.69 Å². The summed E-state index contributed by atoms with van der Waals surface area (Å²) in [5.41, 5.74) is 2.76. The number of aryl methyl sites for hydroxylation is 1. The van der Waals surface area contributed by atoms with Gasteiger partial charge in [-0.05, 0) is 32.9 Å². The summed E-state index contributed by atoms with van der Waals surface area (Å²) < 4.78 is 12.0. The van der Waals surface area contributed by atoms with Crippen molar-refractivity contribution in [2.75, 3.05) is 13.7 Å². The van der Waals surface area contributed by atoms with E-state index in [0.717, 1.165) is 11.3 Å². The van der Waals surface area contributed by atoms with Gasteiger partial charge in [0.05, 0.1) is 19.4 Å². The summed E-state index contributed by atoms with van der Waals surface area (Å²) in [7, 11) is 1.59. The number of methoxy groups -OCH3 is 1. The third-order valence-electron chi connectivity index (χ3n) is 3.14. The van der Waals surface area contributed by atoms with E-state index in [1.54, 1.807) is 18.7 Å². The molecule has 106 valence electrons. The Morgan fingerprint density at radius 3 is 2.65 bits per heavy atom. The Kier molecular flexibility index (Phi) is 4.08. The second-order valence-electron chi connectivity index (χ2n) is 4.36. The second-order valence-corrected chi connectivity index (χ2v) is 4.36. The molecule has 0 saturated heterocycles. The maximum absolute atomic E-state index is 12.1. The Balaban J connectivity index is 2.62. The van der Waals surface area contributed by atoms with Crippen LogP contribution in [-0.4, -0.2) is 29.5 Å². The van der Waals surface area contributed by atoms with Gasteiger partial charge in [-0.2, -0.15) is 5.10 Å². The maximum atomic E-state index is 12.1. The number of ether oxygens (including phenoxy) is 2. The molecular weight excluding hydrogens is 256 g/mol. The van der Waals surface area contributed by atoms with Crippen LogP contribution >= 0.6 is 0 Å². The number of rotatable bonds is 4. The summed E-state index contributed by atoms with van der Waals surface area (Å²) in [5.74, 6) is 0.275. The standard InChI is InChI=1S/C15H18N2O3/c1-5-20-15(18)14-10(2)11(3)16-17(14)12-8-6-7-9-13(12)19-4/h6-9H,5H2,1-4H3. The number of hydrogen-bond donors (Lipinski definition) is 0. The van der Waals surface area contributed by atoms with E-state index in [-0.39, 0.29) is 5.97 Å². The Morgan fingerprint density at radius 1 is 1.30 bits per heavy atom. The number of para-hydroxylation sites is 2. The summed E-state index contributed by atoms with van der Waals surface area (Å²) in [6.07, 6.45) is 0. The molecule has 0 amide bonds. The van der Waals surface area contributed by atoms with Crippen molar-refractivity contribution in [3.63, 3.8) is 0 Å². The maximum Gasteiger partial charge on any atom is 0.357 e. The lowest BCUT2D eigenvalue weighted by molar-refractivity contribution is 0.0515. The fourth-order valence-corrected chi connectivity index (χ4v) is 2.02. The molecule has 2 rings (SSSR count). The van der Waals surface area contributed by atoms with Crippen molar-refractivity contribution in [3.8, 4) is 11.4 Å². The number of benzene rings is 1. The number of aromatic nitrogens is 2. The third-order valence-corrected chi connectivity index (χ3v) is 3.14. The molecule has 0 aliphatic carbocycles. The van der Waals surface area contributed by atoms with Gasteiger partial charge in [0.2, 0.25) is 0 Å². The average Bonchev–Trinajstić information content (AvgIpc) is 2.75. The molecule has 1 heterocycles. The van der Waals surface area contributed by atoms with Crippen LogP contribution in [0, 0.1) is 13.8 Å². The molecule has 0 saturated carbocycles. The van der Waals surface area contributed by atoms with E-state index in [4.69, 9.17) is 9.47 Å². The normalized spacial score (nSPS) is 10.4. The van der Waals surface area contributed by atoms with Crippen LogP contribution in [0.3, 0.4) is 0 Å². The quantitative estimate of drug-likeness (QED) is 0.804. The van der Waals surface area contributed by atoms with Crippen LogP contribution in [0.1, 0.15) is 28.7 Å². The van der Waals surface area contributed by atoms with Gasteiger partial charge in [0, 0.05) is 5.56 Å². The van der Waals surface area contributed by atoms with Crippen molar-refractivity contribution in [3.05, 3.63) is 41.2 Å². The molecule has 0 aliphatic heterocycles. The summed E-state index contributed by atoms with van der Waals surface area (Å²) in [4.78, 5) is 12.1. The van der Waals surface area contributed by atoms with Gasteiger partial charge in [0.1, 0.15) is 11.4 Å². The van der Waals surface area contributed by atoms with Crippen LogP contribution in [-0.2, 0) is 4.74 Å². The van der Waals surface area contributed by atoms with Crippen molar-refractivity contribution < 1.29 is 14.3 Å². The highest BCUT2D eigenvalue weighted by Crippen LogP contribution is 2.26. The van der Waals surface area contributed by atoms with Crippen molar-refractivity contribution in [2.45, 2.75) is 20.8 Å². The molecule has 0 fully saturated rings. The molecule has 1 aromatic heterocycles. The fraction of sp³-hybridized carbons (Fsp3) is 0.333. The first-order chi connectivity index (χ1) is 9.60. The minimum Gasteiger partial charge on any atom is -0.494 e. The van der Waals surface area contributed by atoms with Crippen molar-refractivity contribution in [1.82, 2.24) is 9.78 Å². The van der Waals surface area contributed by atoms with E-state index in [0.29, 0.717) is 23.7 Å². The molecule has 20 heavy (non-hydrogen) atoms. The lowest BCUT2D eigenvalue weighted by Gasteiger charge is -2.11. The van der Waals surface area contributed by atoms with Crippen LogP contribution in [0.5, 0.6) is 5.75 Å². The molecule has 0 aliphatic rings. The molecule has 2 aromatic rings. The van der Waals surface area contributed by atoms with Gasteiger partial charge in [0.25, 0.3) is 0 Å². The Bertz CT molecular complexity index is 632. The van der Waals surface area contributed by atoms with Crippen molar-refractivity contribution in [1.29, 1.82) is 0 Å². The SMILES string of the molecule is CCOC(=O)c1c(C)c(C)nn1-c1ccccc1OC. The van der Waals surface area contributed by atoms with Crippen molar-refractivity contribution in [2.24, 2.45) is 0 Å². The average molecular weight is 274 g/mol. The summed E-state index contributed by atoms with van der Waals surface area (Å²) in [5, 5.41) is 4.43. The topological polar surface area (TPSA) is 53.3 Å². The van der Waals surface area contributed by atoms with Gasteiger partial charge in [-0.3, -0.25) is 0 Å². The summed E-state index contributed by atoms with van der Waals surface area (Å²) in [6.45, 7) is 5.84. The highest BCUT2D eigenvalue weighted by atomic mass is 16.5. The smallest absolute Gasteiger partial charge is 0.357 e. The number of hydrogen-bond acceptors (Lipinski definition) is 4. The predicted octanol–water partition coefficient (Wildman–Crippen LogP) is 2.67. The van der Waals surface area contributed by atoms with Gasteiger partial charge < -0.3 is 9.47 Å². The molecule has 0 atom stereocenters. The van der Waals surface area contributed by atoms with Crippen LogP contribution in [0.2, 0.25) is 0 Å². The monoisotopic (exact) mass is 274 g/mol. The molecule has 0 spiro atoms. The van der Waals surface area contributed by atoms with Gasteiger partial charge >= 0.3 is 5.97 Å². The zero-order chi connectivity index (χ0) is 14.7. The number of carbonyl (C=O) groups is 1.